The summed E-state index contributed by atoms with van der Waals surface area (Å²) in [6.07, 6.45) is 0.687. The number of benzene rings is 1. The summed E-state index contributed by atoms with van der Waals surface area (Å²) < 4.78 is 5.63. The summed E-state index contributed by atoms with van der Waals surface area (Å²) in [5.41, 5.74) is 2.27. The molecule has 2 heteroatoms. The van der Waals surface area contributed by atoms with E-state index in [1.165, 1.54) is 5.56 Å². The zero-order chi connectivity index (χ0) is 13.1. The van der Waals surface area contributed by atoms with E-state index in [2.05, 4.69) is 0 Å². The molecule has 0 bridgehead atoms. The Morgan fingerprint density at radius 1 is 1.29 bits per heavy atom. The van der Waals surface area contributed by atoms with E-state index in [1.54, 1.807) is 0 Å². The second-order valence-electron chi connectivity index (χ2n) is 4.66. The van der Waals surface area contributed by atoms with E-state index < -0.39 is 5.60 Å². The molecule has 1 aromatic carbocycles. The van der Waals surface area contributed by atoms with Crippen molar-refractivity contribution in [3.8, 4) is 0 Å². The van der Waals surface area contributed by atoms with Gasteiger partial charge in [0.2, 0.25) is 0 Å². The lowest BCUT2D eigenvalue weighted by Gasteiger charge is -2.27. The summed E-state index contributed by atoms with van der Waals surface area (Å²) in [6, 6.07) is 5.91. The first-order valence-electron chi connectivity index (χ1n) is 6.20. The second kappa shape index (κ2) is 5.46. The van der Waals surface area contributed by atoms with Crippen molar-refractivity contribution < 1.29 is 9.53 Å². The van der Waals surface area contributed by atoms with Gasteiger partial charge in [-0.3, -0.25) is 4.79 Å². The Labute approximate surface area is 104 Å². The normalized spacial score (nSPS) is 14.4. The molecule has 1 atom stereocenters. The number of carbonyl (C=O) groups is 1. The summed E-state index contributed by atoms with van der Waals surface area (Å²) in [4.78, 5) is 12.5. The lowest BCUT2D eigenvalue weighted by atomic mass is 9.89. The molecular formula is C15H22O2. The minimum Gasteiger partial charge on any atom is -0.367 e. The molecule has 1 unspecified atom stereocenters. The molecule has 0 heterocycles. The fraction of sp³-hybridized carbons (Fsp3) is 0.533. The minimum atomic E-state index is -0.700. The Hall–Kier alpha value is -1.15. The molecule has 0 aliphatic rings. The fourth-order valence-electron chi connectivity index (χ4n) is 2.00. The van der Waals surface area contributed by atoms with Gasteiger partial charge in [0.05, 0.1) is 0 Å². The number of hydrogen-bond acceptors (Lipinski definition) is 2. The van der Waals surface area contributed by atoms with Gasteiger partial charge in [0.25, 0.3) is 0 Å². The van der Waals surface area contributed by atoms with Gasteiger partial charge in [-0.1, -0.05) is 30.7 Å². The number of aryl methyl sites for hydroxylation is 2. The van der Waals surface area contributed by atoms with E-state index in [0.29, 0.717) is 13.0 Å². The first kappa shape index (κ1) is 13.9. The van der Waals surface area contributed by atoms with Crippen molar-refractivity contribution in [3.05, 3.63) is 34.9 Å². The van der Waals surface area contributed by atoms with Crippen molar-refractivity contribution in [2.45, 2.75) is 46.6 Å². The van der Waals surface area contributed by atoms with Crippen molar-refractivity contribution in [2.24, 2.45) is 0 Å². The van der Waals surface area contributed by atoms with Gasteiger partial charge in [-0.25, -0.2) is 0 Å². The summed E-state index contributed by atoms with van der Waals surface area (Å²) >= 11 is 0. The highest BCUT2D eigenvalue weighted by molar-refractivity contribution is 6.03. The van der Waals surface area contributed by atoms with Gasteiger partial charge < -0.3 is 4.74 Å². The second-order valence-corrected chi connectivity index (χ2v) is 4.66. The standard InChI is InChI=1S/C15H22O2/c1-6-15(5,17-7-2)14(16)13-9-8-11(3)10-12(13)4/h8-10H,6-7H2,1-5H3. The lowest BCUT2D eigenvalue weighted by molar-refractivity contribution is -0.0116. The van der Waals surface area contributed by atoms with Crippen LogP contribution in [0.1, 0.15) is 48.7 Å². The molecule has 0 radical (unpaired) electrons. The smallest absolute Gasteiger partial charge is 0.194 e. The number of rotatable bonds is 5. The largest absolute Gasteiger partial charge is 0.367 e. The number of ketones is 1. The molecule has 0 amide bonds. The SMILES string of the molecule is CCOC(C)(CC)C(=O)c1ccc(C)cc1C. The van der Waals surface area contributed by atoms with Gasteiger partial charge in [-0.15, -0.1) is 0 Å². The molecule has 0 fully saturated rings. The summed E-state index contributed by atoms with van der Waals surface area (Å²) in [5.74, 6) is 0.0827. The molecule has 2 nitrogen and oxygen atoms in total. The van der Waals surface area contributed by atoms with Crippen LogP contribution in [0.5, 0.6) is 0 Å². The topological polar surface area (TPSA) is 26.3 Å². The Bertz CT molecular complexity index is 409. The Kier molecular flexibility index (Phi) is 4.47. The molecule has 0 aliphatic heterocycles. The first-order chi connectivity index (χ1) is 7.94. The zero-order valence-corrected chi connectivity index (χ0v) is 11.5. The summed E-state index contributed by atoms with van der Waals surface area (Å²) in [7, 11) is 0. The van der Waals surface area contributed by atoms with Gasteiger partial charge in [-0.2, -0.15) is 0 Å². The zero-order valence-electron chi connectivity index (χ0n) is 11.5. The van der Waals surface area contributed by atoms with Crippen molar-refractivity contribution >= 4 is 5.78 Å². The molecule has 0 saturated carbocycles. The van der Waals surface area contributed by atoms with Crippen LogP contribution in [0.3, 0.4) is 0 Å². The van der Waals surface area contributed by atoms with Crippen LogP contribution >= 0.6 is 0 Å². The highest BCUT2D eigenvalue weighted by Crippen LogP contribution is 2.24. The minimum absolute atomic E-state index is 0.0827. The molecular weight excluding hydrogens is 212 g/mol. The first-order valence-corrected chi connectivity index (χ1v) is 6.20. The molecule has 94 valence electrons. The van der Waals surface area contributed by atoms with Gasteiger partial charge in [0.15, 0.2) is 5.78 Å². The van der Waals surface area contributed by atoms with Crippen molar-refractivity contribution in [1.29, 1.82) is 0 Å². The molecule has 0 aliphatic carbocycles. The predicted octanol–water partition coefficient (Wildman–Crippen LogP) is 3.69. The monoisotopic (exact) mass is 234 g/mol. The van der Waals surface area contributed by atoms with Crippen molar-refractivity contribution in [3.63, 3.8) is 0 Å². The third-order valence-corrected chi connectivity index (χ3v) is 3.24. The van der Waals surface area contributed by atoms with Crippen LogP contribution in [0.15, 0.2) is 18.2 Å². The molecule has 1 aromatic rings. The molecule has 0 N–H and O–H groups in total. The average Bonchev–Trinajstić information content (AvgIpc) is 2.28. The van der Waals surface area contributed by atoms with Crippen LogP contribution in [0.25, 0.3) is 0 Å². The van der Waals surface area contributed by atoms with Gasteiger partial charge in [0.1, 0.15) is 5.60 Å². The van der Waals surface area contributed by atoms with Gasteiger partial charge in [-0.05, 0) is 39.7 Å². The van der Waals surface area contributed by atoms with Crippen LogP contribution in [0.2, 0.25) is 0 Å². The maximum absolute atomic E-state index is 12.5. The van der Waals surface area contributed by atoms with Crippen molar-refractivity contribution in [1.82, 2.24) is 0 Å². The third-order valence-electron chi connectivity index (χ3n) is 3.24. The fourth-order valence-corrected chi connectivity index (χ4v) is 2.00. The lowest BCUT2D eigenvalue weighted by Crippen LogP contribution is -2.38. The number of ether oxygens (including phenoxy) is 1. The molecule has 1 rings (SSSR count). The van der Waals surface area contributed by atoms with E-state index in [4.69, 9.17) is 4.74 Å². The van der Waals surface area contributed by atoms with E-state index in [0.717, 1.165) is 11.1 Å². The van der Waals surface area contributed by atoms with Gasteiger partial charge >= 0.3 is 0 Å². The number of hydrogen-bond donors (Lipinski definition) is 0. The molecule has 0 spiro atoms. The molecule has 0 aromatic heterocycles. The summed E-state index contributed by atoms with van der Waals surface area (Å²) in [6.45, 7) is 10.3. The number of carbonyl (C=O) groups excluding carboxylic acids is 1. The highest BCUT2D eigenvalue weighted by Gasteiger charge is 2.33. The molecule has 17 heavy (non-hydrogen) atoms. The maximum atomic E-state index is 12.5. The van der Waals surface area contributed by atoms with Crippen LogP contribution in [-0.2, 0) is 4.74 Å². The third kappa shape index (κ3) is 2.95. The Balaban J connectivity index is 3.10. The average molecular weight is 234 g/mol. The van der Waals surface area contributed by atoms with E-state index in [1.807, 2.05) is 52.8 Å². The van der Waals surface area contributed by atoms with Gasteiger partial charge in [0, 0.05) is 12.2 Å². The van der Waals surface area contributed by atoms with E-state index in [-0.39, 0.29) is 5.78 Å². The highest BCUT2D eigenvalue weighted by atomic mass is 16.5. The number of Topliss-reactive ketones (excluding diaryl/α,β-unsaturated/α-hetero) is 1. The van der Waals surface area contributed by atoms with Crippen LogP contribution in [0, 0.1) is 13.8 Å². The van der Waals surface area contributed by atoms with E-state index >= 15 is 0 Å². The van der Waals surface area contributed by atoms with Crippen LogP contribution in [0.4, 0.5) is 0 Å². The predicted molar refractivity (Wildman–Crippen MR) is 70.6 cm³/mol. The quantitative estimate of drug-likeness (QED) is 0.726. The molecule has 0 saturated heterocycles. The van der Waals surface area contributed by atoms with E-state index in [9.17, 15) is 4.79 Å². The van der Waals surface area contributed by atoms with Crippen LogP contribution < -0.4 is 0 Å². The Morgan fingerprint density at radius 2 is 1.94 bits per heavy atom. The van der Waals surface area contributed by atoms with Crippen molar-refractivity contribution in [2.75, 3.05) is 6.61 Å². The Morgan fingerprint density at radius 3 is 2.41 bits per heavy atom. The summed E-state index contributed by atoms with van der Waals surface area (Å²) in [5, 5.41) is 0. The maximum Gasteiger partial charge on any atom is 0.194 e. The van der Waals surface area contributed by atoms with Crippen LogP contribution in [-0.4, -0.2) is 18.0 Å².